The fourth-order valence-corrected chi connectivity index (χ4v) is 4.04. The van der Waals surface area contributed by atoms with Crippen LogP contribution >= 0.6 is 0 Å². The monoisotopic (exact) mass is 275 g/mol. The van der Waals surface area contributed by atoms with Crippen molar-refractivity contribution in [2.45, 2.75) is 56.6 Å². The summed E-state index contributed by atoms with van der Waals surface area (Å²) in [5, 5.41) is 3.47. The Bertz CT molecular complexity index is 474. The average molecular weight is 275 g/mol. The molecule has 2 atom stereocenters. The van der Waals surface area contributed by atoms with Gasteiger partial charge in [0.15, 0.2) is 0 Å². The number of aromatic nitrogens is 2. The summed E-state index contributed by atoms with van der Waals surface area (Å²) in [5.74, 6) is 0.804. The molecule has 2 aliphatic heterocycles. The van der Waals surface area contributed by atoms with Gasteiger partial charge in [0.25, 0.3) is 0 Å². The molecule has 0 aromatic carbocycles. The van der Waals surface area contributed by atoms with Crippen LogP contribution in [0.5, 0.6) is 0 Å². The number of ether oxygens (including phenoxy) is 1. The fourth-order valence-electron chi connectivity index (χ4n) is 4.04. The predicted octanol–water partition coefficient (Wildman–Crippen LogP) is 2.26. The number of nitrogens with one attached hydrogen (secondary N) is 1. The van der Waals surface area contributed by atoms with Crippen LogP contribution in [0.2, 0.25) is 0 Å². The van der Waals surface area contributed by atoms with Gasteiger partial charge in [0, 0.05) is 23.9 Å². The van der Waals surface area contributed by atoms with Crippen LogP contribution < -0.4 is 5.32 Å². The van der Waals surface area contributed by atoms with Crippen molar-refractivity contribution in [3.05, 3.63) is 18.2 Å². The lowest BCUT2D eigenvalue weighted by Crippen LogP contribution is -2.40. The van der Waals surface area contributed by atoms with Crippen molar-refractivity contribution in [2.75, 3.05) is 19.7 Å². The Kier molecular flexibility index (Phi) is 3.11. The van der Waals surface area contributed by atoms with Gasteiger partial charge >= 0.3 is 0 Å². The van der Waals surface area contributed by atoms with Crippen molar-refractivity contribution >= 4 is 0 Å². The highest BCUT2D eigenvalue weighted by molar-refractivity contribution is 5.17. The molecule has 1 N–H and O–H groups in total. The van der Waals surface area contributed by atoms with E-state index in [1.165, 1.54) is 31.4 Å². The third-order valence-corrected chi connectivity index (χ3v) is 5.54. The van der Waals surface area contributed by atoms with E-state index in [1.54, 1.807) is 0 Å². The van der Waals surface area contributed by atoms with Crippen LogP contribution in [0.3, 0.4) is 0 Å². The molecule has 1 aliphatic carbocycles. The fraction of sp³-hybridized carbons (Fsp3) is 0.812. The maximum atomic E-state index is 6.03. The van der Waals surface area contributed by atoms with Gasteiger partial charge in [-0.25, -0.2) is 4.98 Å². The minimum Gasteiger partial charge on any atom is -0.376 e. The van der Waals surface area contributed by atoms with Crippen molar-refractivity contribution in [3.8, 4) is 0 Å². The Labute approximate surface area is 120 Å². The Morgan fingerprint density at radius 3 is 2.85 bits per heavy atom. The highest BCUT2D eigenvalue weighted by Crippen LogP contribution is 2.45. The molecule has 4 heteroatoms. The standard InChI is InChI=1S/C16H25N3O/c1-16(5-7-17-8-6-16)14-10-18-11-19(14)13-4-9-20-15(13)12-2-3-12/h10-13,15,17H,2-9H2,1H3. The summed E-state index contributed by atoms with van der Waals surface area (Å²) < 4.78 is 8.49. The smallest absolute Gasteiger partial charge is 0.0951 e. The number of hydrogen-bond acceptors (Lipinski definition) is 3. The molecule has 4 rings (SSSR count). The normalized spacial score (nSPS) is 33.5. The second-order valence-electron chi connectivity index (χ2n) is 7.03. The maximum Gasteiger partial charge on any atom is 0.0951 e. The molecule has 0 amide bonds. The molecule has 0 bridgehead atoms. The first-order chi connectivity index (χ1) is 9.78. The number of rotatable bonds is 3. The van der Waals surface area contributed by atoms with Crippen LogP contribution in [-0.2, 0) is 10.2 Å². The van der Waals surface area contributed by atoms with E-state index in [1.807, 2.05) is 0 Å². The Hall–Kier alpha value is -0.870. The van der Waals surface area contributed by atoms with E-state index in [0.717, 1.165) is 32.0 Å². The largest absolute Gasteiger partial charge is 0.376 e. The summed E-state index contributed by atoms with van der Waals surface area (Å²) in [5.41, 5.74) is 1.71. The lowest BCUT2D eigenvalue weighted by molar-refractivity contribution is 0.0736. The number of imidazole rings is 1. The van der Waals surface area contributed by atoms with Gasteiger partial charge in [0.05, 0.1) is 18.5 Å². The molecule has 110 valence electrons. The van der Waals surface area contributed by atoms with E-state index in [4.69, 9.17) is 4.74 Å². The van der Waals surface area contributed by atoms with Crippen LogP contribution in [0.25, 0.3) is 0 Å². The number of piperidine rings is 1. The summed E-state index contributed by atoms with van der Waals surface area (Å²) in [6.45, 7) is 5.56. The van der Waals surface area contributed by atoms with Gasteiger partial charge in [0.1, 0.15) is 0 Å². The van der Waals surface area contributed by atoms with Crippen LogP contribution in [0.4, 0.5) is 0 Å². The zero-order valence-electron chi connectivity index (χ0n) is 12.3. The molecule has 1 aromatic rings. The summed E-state index contributed by atoms with van der Waals surface area (Å²) in [6, 6.07) is 0.520. The molecule has 3 fully saturated rings. The maximum absolute atomic E-state index is 6.03. The van der Waals surface area contributed by atoms with Gasteiger partial charge in [0.2, 0.25) is 0 Å². The van der Waals surface area contributed by atoms with Gasteiger partial charge in [-0.2, -0.15) is 0 Å². The van der Waals surface area contributed by atoms with E-state index in [0.29, 0.717) is 12.1 Å². The zero-order valence-corrected chi connectivity index (χ0v) is 12.3. The molecule has 1 saturated carbocycles. The van der Waals surface area contributed by atoms with E-state index < -0.39 is 0 Å². The molecule has 4 nitrogen and oxygen atoms in total. The average Bonchev–Trinajstić information content (AvgIpc) is 3.00. The van der Waals surface area contributed by atoms with E-state index in [2.05, 4.69) is 34.3 Å². The van der Waals surface area contributed by atoms with Crippen molar-refractivity contribution in [2.24, 2.45) is 5.92 Å². The molecular weight excluding hydrogens is 250 g/mol. The highest BCUT2D eigenvalue weighted by Gasteiger charge is 2.43. The lowest BCUT2D eigenvalue weighted by atomic mass is 9.78. The first-order valence-electron chi connectivity index (χ1n) is 8.13. The summed E-state index contributed by atoms with van der Waals surface area (Å²) >= 11 is 0. The number of nitrogens with zero attached hydrogens (tertiary/aromatic N) is 2. The van der Waals surface area contributed by atoms with Crippen molar-refractivity contribution in [1.29, 1.82) is 0 Å². The molecule has 3 heterocycles. The van der Waals surface area contributed by atoms with Crippen LogP contribution in [0, 0.1) is 5.92 Å². The summed E-state index contributed by atoms with van der Waals surface area (Å²) in [7, 11) is 0. The summed E-state index contributed by atoms with van der Waals surface area (Å²) in [6.07, 6.45) is 10.9. The van der Waals surface area contributed by atoms with Gasteiger partial charge in [-0.3, -0.25) is 0 Å². The number of hydrogen-bond donors (Lipinski definition) is 1. The first kappa shape index (κ1) is 12.8. The minimum atomic E-state index is 0.276. The van der Waals surface area contributed by atoms with E-state index in [-0.39, 0.29) is 5.41 Å². The van der Waals surface area contributed by atoms with Crippen molar-refractivity contribution in [3.63, 3.8) is 0 Å². The molecule has 2 unspecified atom stereocenters. The van der Waals surface area contributed by atoms with E-state index >= 15 is 0 Å². The second-order valence-corrected chi connectivity index (χ2v) is 7.03. The molecule has 1 aromatic heterocycles. The summed E-state index contributed by atoms with van der Waals surface area (Å²) in [4.78, 5) is 4.49. The van der Waals surface area contributed by atoms with Gasteiger partial charge < -0.3 is 14.6 Å². The van der Waals surface area contributed by atoms with Crippen LogP contribution in [0.15, 0.2) is 12.5 Å². The first-order valence-corrected chi connectivity index (χ1v) is 8.13. The Morgan fingerprint density at radius 2 is 2.10 bits per heavy atom. The molecule has 2 saturated heterocycles. The van der Waals surface area contributed by atoms with E-state index in [9.17, 15) is 0 Å². The molecule has 20 heavy (non-hydrogen) atoms. The molecule has 0 radical (unpaired) electrons. The third-order valence-electron chi connectivity index (χ3n) is 5.54. The zero-order chi connectivity index (χ0) is 13.6. The quantitative estimate of drug-likeness (QED) is 0.919. The van der Waals surface area contributed by atoms with Gasteiger partial charge in [-0.05, 0) is 51.1 Å². The SMILES string of the molecule is CC1(c2cncn2C2CCOC2C2CC2)CCNCC1. The lowest BCUT2D eigenvalue weighted by Gasteiger charge is -2.36. The van der Waals surface area contributed by atoms with Crippen LogP contribution in [-0.4, -0.2) is 35.4 Å². The predicted molar refractivity (Wildman–Crippen MR) is 77.8 cm³/mol. The Morgan fingerprint density at radius 1 is 1.30 bits per heavy atom. The molecular formula is C16H25N3O. The topological polar surface area (TPSA) is 39.1 Å². The molecule has 3 aliphatic rings. The van der Waals surface area contributed by atoms with Crippen molar-refractivity contribution < 1.29 is 4.74 Å². The third kappa shape index (κ3) is 2.09. The van der Waals surface area contributed by atoms with Gasteiger partial charge in [-0.1, -0.05) is 6.92 Å². The van der Waals surface area contributed by atoms with Crippen molar-refractivity contribution in [1.82, 2.24) is 14.9 Å². The minimum absolute atomic E-state index is 0.276. The van der Waals surface area contributed by atoms with Gasteiger partial charge in [-0.15, -0.1) is 0 Å². The Balaban J connectivity index is 1.64. The van der Waals surface area contributed by atoms with Crippen LogP contribution in [0.1, 0.15) is 50.8 Å². The second kappa shape index (κ2) is 4.85. The molecule has 0 spiro atoms. The highest BCUT2D eigenvalue weighted by atomic mass is 16.5.